The topological polar surface area (TPSA) is 46.6 Å². The smallest absolute Gasteiger partial charge is 0.153 e. The Bertz CT molecular complexity index is 324. The maximum atomic E-state index is 11.7. The summed E-state index contributed by atoms with van der Waals surface area (Å²) in [4.78, 5) is 2.23. The lowest BCUT2D eigenvalue weighted by Gasteiger charge is -2.31. The second-order valence-electron chi connectivity index (χ2n) is 5.02. The van der Waals surface area contributed by atoms with E-state index in [4.69, 9.17) is 4.74 Å². The summed E-state index contributed by atoms with van der Waals surface area (Å²) in [5.74, 6) is 0.275. The van der Waals surface area contributed by atoms with E-state index in [1.165, 1.54) is 0 Å². The van der Waals surface area contributed by atoms with Crippen LogP contribution in [0.25, 0.3) is 0 Å². The van der Waals surface area contributed by atoms with Gasteiger partial charge in [-0.25, -0.2) is 8.42 Å². The van der Waals surface area contributed by atoms with Crippen molar-refractivity contribution in [2.24, 2.45) is 0 Å². The molecule has 6 heteroatoms. The molecule has 0 aromatic carbocycles. The van der Waals surface area contributed by atoms with Crippen LogP contribution in [0.3, 0.4) is 0 Å². The van der Waals surface area contributed by atoms with E-state index in [0.717, 1.165) is 37.9 Å². The standard InChI is InChI=1S/C12H24BrNO3S/c1-11(2)18(15,16)10-8-14-6-3-12(4-7-14)17-9-5-13/h11-12H,3-10H2,1-2H3. The van der Waals surface area contributed by atoms with Gasteiger partial charge in [-0.15, -0.1) is 0 Å². The molecule has 0 atom stereocenters. The first kappa shape index (κ1) is 16.4. The second kappa shape index (κ2) is 7.82. The van der Waals surface area contributed by atoms with Crippen LogP contribution in [0, 0.1) is 0 Å². The highest BCUT2D eigenvalue weighted by Gasteiger charge is 2.22. The molecule has 0 aliphatic carbocycles. The first-order valence-electron chi connectivity index (χ1n) is 6.57. The van der Waals surface area contributed by atoms with Crippen LogP contribution < -0.4 is 0 Å². The van der Waals surface area contributed by atoms with E-state index in [2.05, 4.69) is 20.8 Å². The predicted molar refractivity (Wildman–Crippen MR) is 78.1 cm³/mol. The highest BCUT2D eigenvalue weighted by Crippen LogP contribution is 2.14. The third-order valence-corrected chi connectivity index (χ3v) is 5.89. The van der Waals surface area contributed by atoms with Crippen molar-refractivity contribution < 1.29 is 13.2 Å². The Balaban J connectivity index is 2.24. The van der Waals surface area contributed by atoms with E-state index in [1.807, 2.05) is 0 Å². The van der Waals surface area contributed by atoms with Gasteiger partial charge in [0.15, 0.2) is 9.84 Å². The quantitative estimate of drug-likeness (QED) is 0.661. The highest BCUT2D eigenvalue weighted by atomic mass is 79.9. The average molecular weight is 342 g/mol. The van der Waals surface area contributed by atoms with Gasteiger partial charge in [0.05, 0.1) is 23.7 Å². The summed E-state index contributed by atoms with van der Waals surface area (Å²) < 4.78 is 29.1. The van der Waals surface area contributed by atoms with Gasteiger partial charge in [0.25, 0.3) is 0 Å². The molecule has 1 fully saturated rings. The van der Waals surface area contributed by atoms with Crippen molar-refractivity contribution in [2.45, 2.75) is 38.0 Å². The maximum Gasteiger partial charge on any atom is 0.153 e. The first-order valence-corrected chi connectivity index (χ1v) is 9.41. The zero-order valence-electron chi connectivity index (χ0n) is 11.3. The zero-order chi connectivity index (χ0) is 13.6. The predicted octanol–water partition coefficient (Wildman–Crippen LogP) is 1.69. The number of hydrogen-bond donors (Lipinski definition) is 0. The fourth-order valence-corrected chi connectivity index (χ4v) is 3.17. The van der Waals surface area contributed by atoms with Gasteiger partial charge in [0, 0.05) is 25.0 Å². The van der Waals surface area contributed by atoms with Crippen LogP contribution in [0.15, 0.2) is 0 Å². The molecule has 0 aromatic heterocycles. The second-order valence-corrected chi connectivity index (χ2v) is 8.49. The summed E-state index contributed by atoms with van der Waals surface area (Å²) >= 11 is 3.35. The average Bonchev–Trinajstić information content (AvgIpc) is 2.35. The van der Waals surface area contributed by atoms with Crippen LogP contribution in [0.1, 0.15) is 26.7 Å². The Morgan fingerprint density at radius 3 is 2.44 bits per heavy atom. The largest absolute Gasteiger partial charge is 0.377 e. The van der Waals surface area contributed by atoms with E-state index in [1.54, 1.807) is 13.8 Å². The van der Waals surface area contributed by atoms with Crippen LogP contribution >= 0.6 is 15.9 Å². The number of alkyl halides is 1. The summed E-state index contributed by atoms with van der Waals surface area (Å²) in [7, 11) is -2.90. The number of halogens is 1. The molecule has 0 radical (unpaired) electrons. The van der Waals surface area contributed by atoms with Gasteiger partial charge < -0.3 is 9.64 Å². The minimum absolute atomic E-state index is 0.266. The Labute approximate surface area is 119 Å². The lowest BCUT2D eigenvalue weighted by atomic mass is 10.1. The van der Waals surface area contributed by atoms with E-state index in [-0.39, 0.29) is 11.0 Å². The number of piperidine rings is 1. The van der Waals surface area contributed by atoms with E-state index in [0.29, 0.717) is 12.6 Å². The van der Waals surface area contributed by atoms with Gasteiger partial charge in [-0.3, -0.25) is 0 Å². The molecule has 1 rings (SSSR count). The molecule has 0 aromatic rings. The molecule has 0 unspecified atom stereocenters. The monoisotopic (exact) mass is 341 g/mol. The van der Waals surface area contributed by atoms with Crippen molar-refractivity contribution in [1.29, 1.82) is 0 Å². The van der Waals surface area contributed by atoms with E-state index < -0.39 is 9.84 Å². The number of hydrogen-bond acceptors (Lipinski definition) is 4. The van der Waals surface area contributed by atoms with Gasteiger partial charge in [-0.1, -0.05) is 15.9 Å². The maximum absolute atomic E-state index is 11.7. The zero-order valence-corrected chi connectivity index (χ0v) is 13.7. The van der Waals surface area contributed by atoms with Gasteiger partial charge in [0.2, 0.25) is 0 Å². The fraction of sp³-hybridized carbons (Fsp3) is 1.00. The van der Waals surface area contributed by atoms with Crippen LogP contribution in [0.5, 0.6) is 0 Å². The summed E-state index contributed by atoms with van der Waals surface area (Å²) in [5.41, 5.74) is 0. The first-order chi connectivity index (χ1) is 8.45. The van der Waals surface area contributed by atoms with Crippen molar-refractivity contribution >= 4 is 25.8 Å². The summed E-state index contributed by atoms with van der Waals surface area (Å²) in [5, 5.41) is 0.608. The molecule has 0 spiro atoms. The van der Waals surface area contributed by atoms with Crippen LogP contribution in [0.2, 0.25) is 0 Å². The van der Waals surface area contributed by atoms with Crippen LogP contribution in [-0.2, 0) is 14.6 Å². The summed E-state index contributed by atoms with van der Waals surface area (Å²) in [6.45, 7) is 6.80. The third kappa shape index (κ3) is 5.55. The SMILES string of the molecule is CC(C)S(=O)(=O)CCN1CCC(OCCBr)CC1. The normalized spacial score (nSPS) is 19.6. The van der Waals surface area contributed by atoms with Crippen molar-refractivity contribution in [3.05, 3.63) is 0 Å². The number of nitrogens with zero attached hydrogens (tertiary/aromatic N) is 1. The van der Waals surface area contributed by atoms with Crippen molar-refractivity contribution in [2.75, 3.05) is 37.3 Å². The summed E-state index contributed by atoms with van der Waals surface area (Å²) in [6, 6.07) is 0. The lowest BCUT2D eigenvalue weighted by Crippen LogP contribution is -2.40. The van der Waals surface area contributed by atoms with E-state index >= 15 is 0 Å². The Morgan fingerprint density at radius 1 is 1.33 bits per heavy atom. The molecule has 1 saturated heterocycles. The minimum atomic E-state index is -2.90. The van der Waals surface area contributed by atoms with Gasteiger partial charge in [-0.05, 0) is 26.7 Å². The third-order valence-electron chi connectivity index (χ3n) is 3.38. The number of rotatable bonds is 7. The molecule has 0 bridgehead atoms. The number of sulfone groups is 1. The molecule has 1 aliphatic rings. The Hall–Kier alpha value is 0.350. The van der Waals surface area contributed by atoms with Crippen LogP contribution in [0.4, 0.5) is 0 Å². The van der Waals surface area contributed by atoms with Crippen molar-refractivity contribution in [1.82, 2.24) is 4.90 Å². The van der Waals surface area contributed by atoms with Crippen molar-refractivity contribution in [3.63, 3.8) is 0 Å². The fourth-order valence-electron chi connectivity index (χ4n) is 2.00. The molecule has 0 N–H and O–H groups in total. The van der Waals surface area contributed by atoms with Gasteiger partial charge in [-0.2, -0.15) is 0 Å². The van der Waals surface area contributed by atoms with Gasteiger partial charge in [0.1, 0.15) is 0 Å². The van der Waals surface area contributed by atoms with Gasteiger partial charge >= 0.3 is 0 Å². The molecule has 108 valence electrons. The Morgan fingerprint density at radius 2 is 1.94 bits per heavy atom. The molecule has 4 nitrogen and oxygen atoms in total. The number of likely N-dealkylation sites (tertiary alicyclic amines) is 1. The van der Waals surface area contributed by atoms with E-state index in [9.17, 15) is 8.42 Å². The molecule has 0 saturated carbocycles. The molecular formula is C12H24BrNO3S. The Kier molecular flexibility index (Phi) is 7.13. The number of ether oxygens (including phenoxy) is 1. The molecule has 1 heterocycles. The molecule has 0 amide bonds. The summed E-state index contributed by atoms with van der Waals surface area (Å²) in [6.07, 6.45) is 2.37. The van der Waals surface area contributed by atoms with Crippen molar-refractivity contribution in [3.8, 4) is 0 Å². The lowest BCUT2D eigenvalue weighted by molar-refractivity contribution is 0.0173. The van der Waals surface area contributed by atoms with Crippen LogP contribution in [-0.4, -0.2) is 62.0 Å². The molecule has 1 aliphatic heterocycles. The molecule has 18 heavy (non-hydrogen) atoms. The molecular weight excluding hydrogens is 318 g/mol. The highest BCUT2D eigenvalue weighted by molar-refractivity contribution is 9.09. The minimum Gasteiger partial charge on any atom is -0.377 e.